The van der Waals surface area contributed by atoms with Gasteiger partial charge >= 0.3 is 0 Å². The third-order valence-corrected chi connectivity index (χ3v) is 1.36. The molecule has 1 aliphatic rings. The lowest BCUT2D eigenvalue weighted by molar-refractivity contribution is -0.138. The zero-order valence-electron chi connectivity index (χ0n) is 10.2. The maximum atomic E-state index is 9.60. The van der Waals surface area contributed by atoms with Crippen LogP contribution >= 0.6 is 0 Å². The molecular formula is C10H22N2O4. The summed E-state index contributed by atoms with van der Waals surface area (Å²) in [6.45, 7) is 10.2. The summed E-state index contributed by atoms with van der Waals surface area (Å²) in [4.78, 5) is 18.0. The van der Waals surface area contributed by atoms with Gasteiger partial charge in [0, 0.05) is 26.2 Å². The van der Waals surface area contributed by atoms with Crippen LogP contribution in [0.4, 0.5) is 0 Å². The molecule has 0 spiro atoms. The first-order chi connectivity index (χ1) is 7.47. The lowest BCUT2D eigenvalue weighted by atomic mass is 10.2. The highest BCUT2D eigenvalue weighted by molar-refractivity contribution is 5.37. The van der Waals surface area contributed by atoms with Crippen molar-refractivity contribution in [1.29, 1.82) is 0 Å². The Morgan fingerprint density at radius 3 is 1.44 bits per heavy atom. The molecule has 1 rings (SSSR count). The molecule has 96 valence electrons. The standard InChI is InChI=1S/C5H10O2.C4H10N2.CH2O2/c1-5(2,3)7-4-6;1-2-6-4-3-5-1;2-1-3/h4H,1-3H3;5-6H,1-4H2;1H,(H,2,3). The Kier molecular flexibility index (Phi) is 12.9. The first-order valence-electron chi connectivity index (χ1n) is 5.08. The predicted octanol–water partition coefficient (Wildman–Crippen LogP) is -0.162. The van der Waals surface area contributed by atoms with Crippen molar-refractivity contribution in [3.8, 4) is 0 Å². The van der Waals surface area contributed by atoms with Gasteiger partial charge in [-0.1, -0.05) is 0 Å². The molecular weight excluding hydrogens is 212 g/mol. The van der Waals surface area contributed by atoms with Crippen molar-refractivity contribution >= 4 is 12.9 Å². The van der Waals surface area contributed by atoms with Crippen LogP contribution in [0, 0.1) is 0 Å². The number of piperazine rings is 1. The summed E-state index contributed by atoms with van der Waals surface area (Å²) < 4.78 is 4.55. The smallest absolute Gasteiger partial charge is 0.293 e. The molecule has 0 bridgehead atoms. The van der Waals surface area contributed by atoms with Crippen LogP contribution in [0.2, 0.25) is 0 Å². The van der Waals surface area contributed by atoms with Crippen molar-refractivity contribution in [2.45, 2.75) is 26.4 Å². The molecule has 1 aliphatic heterocycles. The molecule has 1 heterocycles. The van der Waals surface area contributed by atoms with Crippen LogP contribution < -0.4 is 10.6 Å². The van der Waals surface area contributed by atoms with Crippen LogP contribution in [0.25, 0.3) is 0 Å². The fourth-order valence-electron chi connectivity index (χ4n) is 0.748. The lowest BCUT2D eigenvalue weighted by Gasteiger charge is -2.14. The Bertz CT molecular complexity index is 153. The molecule has 0 atom stereocenters. The largest absolute Gasteiger partial charge is 0.483 e. The number of hydrogen-bond acceptors (Lipinski definition) is 5. The molecule has 6 heteroatoms. The molecule has 0 amide bonds. The topological polar surface area (TPSA) is 87.7 Å². The highest BCUT2D eigenvalue weighted by Crippen LogP contribution is 2.02. The molecule has 0 radical (unpaired) electrons. The second-order valence-corrected chi connectivity index (χ2v) is 3.93. The van der Waals surface area contributed by atoms with E-state index in [0.29, 0.717) is 6.47 Å². The minimum Gasteiger partial charge on any atom is -0.483 e. The van der Waals surface area contributed by atoms with Crippen LogP contribution in [0.15, 0.2) is 0 Å². The van der Waals surface area contributed by atoms with E-state index in [1.54, 1.807) is 0 Å². The molecule has 16 heavy (non-hydrogen) atoms. The Hall–Kier alpha value is -1.14. The molecule has 3 N–H and O–H groups in total. The summed E-state index contributed by atoms with van der Waals surface area (Å²) in [5.41, 5.74) is -0.318. The van der Waals surface area contributed by atoms with Crippen molar-refractivity contribution in [2.24, 2.45) is 0 Å². The van der Waals surface area contributed by atoms with Crippen molar-refractivity contribution < 1.29 is 19.4 Å². The van der Waals surface area contributed by atoms with Crippen molar-refractivity contribution in [3.05, 3.63) is 0 Å². The van der Waals surface area contributed by atoms with Gasteiger partial charge in [0.05, 0.1) is 0 Å². The minimum atomic E-state index is -0.318. The maximum absolute atomic E-state index is 9.60. The molecule has 0 aromatic heterocycles. The number of carbonyl (C=O) groups is 2. The zero-order chi connectivity index (χ0) is 12.9. The lowest BCUT2D eigenvalue weighted by Crippen LogP contribution is -2.39. The summed E-state index contributed by atoms with van der Waals surface area (Å²) in [6.07, 6.45) is 0. The van der Waals surface area contributed by atoms with E-state index < -0.39 is 0 Å². The van der Waals surface area contributed by atoms with Gasteiger partial charge < -0.3 is 20.5 Å². The van der Waals surface area contributed by atoms with Gasteiger partial charge in [-0.05, 0) is 20.8 Å². The monoisotopic (exact) mass is 234 g/mol. The number of carboxylic acid groups (broad SMARTS) is 1. The summed E-state index contributed by atoms with van der Waals surface area (Å²) in [5.74, 6) is 0. The van der Waals surface area contributed by atoms with Crippen LogP contribution in [-0.4, -0.2) is 49.8 Å². The molecule has 0 aromatic rings. The van der Waals surface area contributed by atoms with Gasteiger partial charge in [-0.2, -0.15) is 0 Å². The van der Waals surface area contributed by atoms with Gasteiger partial charge in [-0.15, -0.1) is 0 Å². The normalized spacial score (nSPS) is 14.4. The molecule has 0 aromatic carbocycles. The number of nitrogens with one attached hydrogen (secondary N) is 2. The average molecular weight is 234 g/mol. The van der Waals surface area contributed by atoms with E-state index in [4.69, 9.17) is 9.90 Å². The highest BCUT2D eigenvalue weighted by Gasteiger charge is 2.07. The van der Waals surface area contributed by atoms with E-state index in [9.17, 15) is 4.79 Å². The van der Waals surface area contributed by atoms with Crippen LogP contribution in [-0.2, 0) is 14.3 Å². The fraction of sp³-hybridized carbons (Fsp3) is 0.800. The van der Waals surface area contributed by atoms with Gasteiger partial charge in [-0.3, -0.25) is 9.59 Å². The molecule has 6 nitrogen and oxygen atoms in total. The number of ether oxygens (including phenoxy) is 1. The van der Waals surface area contributed by atoms with Gasteiger partial charge in [0.25, 0.3) is 12.9 Å². The Morgan fingerprint density at radius 1 is 1.06 bits per heavy atom. The zero-order valence-corrected chi connectivity index (χ0v) is 10.2. The van der Waals surface area contributed by atoms with E-state index in [0.717, 1.165) is 26.2 Å². The predicted molar refractivity (Wildman–Crippen MR) is 61.3 cm³/mol. The summed E-state index contributed by atoms with van der Waals surface area (Å²) in [5, 5.41) is 13.3. The van der Waals surface area contributed by atoms with Crippen molar-refractivity contribution in [2.75, 3.05) is 26.2 Å². The maximum Gasteiger partial charge on any atom is 0.293 e. The van der Waals surface area contributed by atoms with E-state index in [2.05, 4.69) is 15.4 Å². The molecule has 1 saturated heterocycles. The summed E-state index contributed by atoms with van der Waals surface area (Å²) in [6, 6.07) is 0. The third-order valence-electron chi connectivity index (χ3n) is 1.36. The minimum absolute atomic E-state index is 0.250. The van der Waals surface area contributed by atoms with E-state index in [-0.39, 0.29) is 12.1 Å². The van der Waals surface area contributed by atoms with Gasteiger partial charge in [0.1, 0.15) is 5.60 Å². The van der Waals surface area contributed by atoms with Crippen molar-refractivity contribution in [1.82, 2.24) is 10.6 Å². The van der Waals surface area contributed by atoms with Crippen LogP contribution in [0.5, 0.6) is 0 Å². The van der Waals surface area contributed by atoms with E-state index in [1.165, 1.54) is 0 Å². The molecule has 0 aliphatic carbocycles. The van der Waals surface area contributed by atoms with Crippen LogP contribution in [0.3, 0.4) is 0 Å². The number of carbonyl (C=O) groups excluding carboxylic acids is 1. The quantitative estimate of drug-likeness (QED) is 0.546. The first-order valence-corrected chi connectivity index (χ1v) is 5.08. The number of rotatable bonds is 1. The van der Waals surface area contributed by atoms with Gasteiger partial charge in [-0.25, -0.2) is 0 Å². The fourth-order valence-corrected chi connectivity index (χ4v) is 0.748. The van der Waals surface area contributed by atoms with E-state index >= 15 is 0 Å². The van der Waals surface area contributed by atoms with Crippen molar-refractivity contribution in [3.63, 3.8) is 0 Å². The molecule has 1 fully saturated rings. The second-order valence-electron chi connectivity index (χ2n) is 3.93. The second kappa shape index (κ2) is 11.9. The SMILES string of the molecule is C1CNCCN1.CC(C)(C)OC=O.O=CO. The number of hydrogen-bond donors (Lipinski definition) is 3. The summed E-state index contributed by atoms with van der Waals surface area (Å²) in [7, 11) is 0. The van der Waals surface area contributed by atoms with E-state index in [1.807, 2.05) is 20.8 Å². The third kappa shape index (κ3) is 23.0. The molecule has 0 saturated carbocycles. The summed E-state index contributed by atoms with van der Waals surface area (Å²) >= 11 is 0. The Labute approximate surface area is 96.4 Å². The average Bonchev–Trinajstić information content (AvgIpc) is 2.20. The molecule has 0 unspecified atom stereocenters. The first kappa shape index (κ1) is 17.3. The Balaban J connectivity index is 0. The highest BCUT2D eigenvalue weighted by atomic mass is 16.5. The Morgan fingerprint density at radius 2 is 1.38 bits per heavy atom. The van der Waals surface area contributed by atoms with Gasteiger partial charge in [0.2, 0.25) is 0 Å². The van der Waals surface area contributed by atoms with Crippen LogP contribution in [0.1, 0.15) is 20.8 Å². The van der Waals surface area contributed by atoms with Gasteiger partial charge in [0.15, 0.2) is 0 Å².